The maximum absolute atomic E-state index is 11.2. The molecule has 174 valence electrons. The van der Waals surface area contributed by atoms with E-state index < -0.39 is 0 Å². The van der Waals surface area contributed by atoms with E-state index in [0.29, 0.717) is 44.8 Å². The first-order valence-electron chi connectivity index (χ1n) is 10.6. The first kappa shape index (κ1) is 22.9. The van der Waals surface area contributed by atoms with Crippen molar-refractivity contribution in [2.24, 2.45) is 0 Å². The first-order valence-corrected chi connectivity index (χ1v) is 11.3. The summed E-state index contributed by atoms with van der Waals surface area (Å²) < 4.78 is 15.9. The zero-order chi connectivity index (χ0) is 24.5. The van der Waals surface area contributed by atoms with Crippen LogP contribution in [0.25, 0.3) is 44.6 Å². The lowest BCUT2D eigenvalue weighted by atomic mass is 9.97. The summed E-state index contributed by atoms with van der Waals surface area (Å²) in [7, 11) is 3.01. The molecule has 5 rings (SSSR count). The van der Waals surface area contributed by atoms with Gasteiger partial charge in [-0.25, -0.2) is 9.97 Å². The number of ether oxygens (including phenoxy) is 2. The second kappa shape index (κ2) is 9.41. The SMILES string of the molecule is COc1cc2cc(-c3cccc(-c4cccc(-c5ccc(C=O)c(OC)n5)c4Cl)c3Cl)cnc2o1. The van der Waals surface area contributed by atoms with Crippen LogP contribution in [-0.4, -0.2) is 30.5 Å². The molecule has 0 saturated carbocycles. The van der Waals surface area contributed by atoms with Crippen LogP contribution in [0.1, 0.15) is 10.4 Å². The summed E-state index contributed by atoms with van der Waals surface area (Å²) in [5, 5.41) is 1.82. The third kappa shape index (κ3) is 4.11. The maximum atomic E-state index is 11.2. The van der Waals surface area contributed by atoms with Crippen LogP contribution >= 0.6 is 23.2 Å². The molecule has 0 unspecified atom stereocenters. The molecule has 0 saturated heterocycles. The average Bonchev–Trinajstić information content (AvgIpc) is 3.31. The van der Waals surface area contributed by atoms with Gasteiger partial charge in [-0.3, -0.25) is 4.79 Å². The van der Waals surface area contributed by atoms with E-state index >= 15 is 0 Å². The minimum Gasteiger partial charge on any atom is -0.480 e. The van der Waals surface area contributed by atoms with Crippen LogP contribution in [0, 0.1) is 0 Å². The second-order valence-corrected chi connectivity index (χ2v) is 8.39. The topological polar surface area (TPSA) is 74.5 Å². The van der Waals surface area contributed by atoms with E-state index in [1.807, 2.05) is 42.5 Å². The van der Waals surface area contributed by atoms with Gasteiger partial charge in [0.25, 0.3) is 5.95 Å². The van der Waals surface area contributed by atoms with Crippen LogP contribution in [0.15, 0.2) is 71.3 Å². The predicted molar refractivity (Wildman–Crippen MR) is 137 cm³/mol. The lowest BCUT2D eigenvalue weighted by Gasteiger charge is -2.14. The number of furan rings is 1. The molecule has 0 aliphatic heterocycles. The molecule has 0 bridgehead atoms. The Morgan fingerprint density at radius 3 is 2.23 bits per heavy atom. The van der Waals surface area contributed by atoms with Gasteiger partial charge in [0.15, 0.2) is 6.29 Å². The summed E-state index contributed by atoms with van der Waals surface area (Å²) in [5.74, 6) is 0.622. The number of halogens is 2. The fraction of sp³-hybridized carbons (Fsp3) is 0.0741. The monoisotopic (exact) mass is 504 g/mol. The van der Waals surface area contributed by atoms with Gasteiger partial charge in [-0.2, -0.15) is 0 Å². The number of rotatable bonds is 6. The van der Waals surface area contributed by atoms with E-state index in [1.165, 1.54) is 7.11 Å². The van der Waals surface area contributed by atoms with Crippen molar-refractivity contribution >= 4 is 40.6 Å². The molecular weight excluding hydrogens is 487 g/mol. The van der Waals surface area contributed by atoms with E-state index in [2.05, 4.69) is 9.97 Å². The molecule has 0 aliphatic carbocycles. The molecule has 0 atom stereocenters. The number of pyridine rings is 2. The van der Waals surface area contributed by atoms with E-state index in [0.717, 1.165) is 27.6 Å². The average molecular weight is 505 g/mol. The summed E-state index contributed by atoms with van der Waals surface area (Å²) in [6.07, 6.45) is 2.41. The molecule has 6 nitrogen and oxygen atoms in total. The number of carbonyl (C=O) groups excluding carboxylic acids is 1. The van der Waals surface area contributed by atoms with Crippen molar-refractivity contribution in [2.75, 3.05) is 14.2 Å². The van der Waals surface area contributed by atoms with Crippen molar-refractivity contribution in [1.29, 1.82) is 0 Å². The Morgan fingerprint density at radius 1 is 0.857 bits per heavy atom. The van der Waals surface area contributed by atoms with Crippen molar-refractivity contribution in [3.8, 4) is 45.3 Å². The van der Waals surface area contributed by atoms with Gasteiger partial charge in [-0.05, 0) is 18.2 Å². The minimum atomic E-state index is 0.234. The highest BCUT2D eigenvalue weighted by Crippen LogP contribution is 2.42. The van der Waals surface area contributed by atoms with Crippen molar-refractivity contribution < 1.29 is 18.7 Å². The van der Waals surface area contributed by atoms with Crippen LogP contribution in [0.4, 0.5) is 0 Å². The summed E-state index contributed by atoms with van der Waals surface area (Å²) >= 11 is 13.8. The molecule has 0 aliphatic rings. The zero-order valence-electron chi connectivity index (χ0n) is 18.7. The van der Waals surface area contributed by atoms with Crippen LogP contribution in [-0.2, 0) is 0 Å². The molecular formula is C27H18Cl2N2O4. The Bertz CT molecular complexity index is 1580. The quantitative estimate of drug-likeness (QED) is 0.225. The summed E-state index contributed by atoms with van der Waals surface area (Å²) in [6, 6.07) is 18.5. The lowest BCUT2D eigenvalue weighted by molar-refractivity contribution is 0.112. The van der Waals surface area contributed by atoms with Crippen molar-refractivity contribution in [3.63, 3.8) is 0 Å². The van der Waals surface area contributed by atoms with E-state index in [9.17, 15) is 4.79 Å². The van der Waals surface area contributed by atoms with Crippen LogP contribution in [0.5, 0.6) is 11.8 Å². The third-order valence-electron chi connectivity index (χ3n) is 5.64. The molecule has 0 N–H and O–H groups in total. The standard InChI is InChI=1S/C27H18Cl2N2O4/c1-33-23-12-16-11-17(13-30-26(16)35-23)18-5-3-6-19(24(18)28)20-7-4-8-21(25(20)29)22-10-9-15(14-32)27(31-22)34-2/h3-14H,1-2H3. The van der Waals surface area contributed by atoms with Gasteiger partial charge in [0.2, 0.25) is 11.6 Å². The Labute approximate surface area is 211 Å². The zero-order valence-corrected chi connectivity index (χ0v) is 20.2. The summed E-state index contributed by atoms with van der Waals surface area (Å²) in [5.41, 5.74) is 5.25. The number of aldehydes is 1. The number of hydrogen-bond donors (Lipinski definition) is 0. The van der Waals surface area contributed by atoms with Gasteiger partial charge in [0, 0.05) is 45.5 Å². The number of aromatic nitrogens is 2. The highest BCUT2D eigenvalue weighted by molar-refractivity contribution is 6.39. The highest BCUT2D eigenvalue weighted by atomic mass is 35.5. The molecule has 5 aromatic rings. The first-order chi connectivity index (χ1) is 17.0. The molecule has 0 radical (unpaired) electrons. The van der Waals surface area contributed by atoms with Crippen molar-refractivity contribution in [3.05, 3.63) is 82.5 Å². The van der Waals surface area contributed by atoms with Gasteiger partial charge in [0.05, 0.1) is 35.5 Å². The number of hydrogen-bond acceptors (Lipinski definition) is 6. The van der Waals surface area contributed by atoms with Crippen molar-refractivity contribution in [1.82, 2.24) is 9.97 Å². The number of fused-ring (bicyclic) bond motifs is 1. The Balaban J connectivity index is 1.60. The molecule has 8 heteroatoms. The predicted octanol–water partition coefficient (Wildman–Crippen LogP) is 7.36. The molecule has 35 heavy (non-hydrogen) atoms. The molecule has 0 spiro atoms. The number of benzene rings is 2. The van der Waals surface area contributed by atoms with E-state index in [1.54, 1.807) is 31.5 Å². The molecule has 2 aromatic carbocycles. The van der Waals surface area contributed by atoms with Gasteiger partial charge in [-0.15, -0.1) is 0 Å². The summed E-state index contributed by atoms with van der Waals surface area (Å²) in [4.78, 5) is 20.1. The van der Waals surface area contributed by atoms with Gasteiger partial charge >= 0.3 is 0 Å². The van der Waals surface area contributed by atoms with Crippen LogP contribution in [0.2, 0.25) is 10.0 Å². The number of methoxy groups -OCH3 is 2. The third-order valence-corrected chi connectivity index (χ3v) is 6.45. The normalized spacial score (nSPS) is 11.0. The van der Waals surface area contributed by atoms with Crippen molar-refractivity contribution in [2.45, 2.75) is 0 Å². The Morgan fingerprint density at radius 2 is 1.54 bits per heavy atom. The van der Waals surface area contributed by atoms with Gasteiger partial charge in [0.1, 0.15) is 0 Å². The number of nitrogens with zero attached hydrogens (tertiary/aromatic N) is 2. The van der Waals surface area contributed by atoms with Crippen LogP contribution in [0.3, 0.4) is 0 Å². The van der Waals surface area contributed by atoms with Gasteiger partial charge < -0.3 is 13.9 Å². The molecule has 0 amide bonds. The van der Waals surface area contributed by atoms with E-state index in [4.69, 9.17) is 37.1 Å². The number of carbonyl (C=O) groups is 1. The molecule has 3 aromatic heterocycles. The highest BCUT2D eigenvalue weighted by Gasteiger charge is 2.17. The molecule has 0 fully saturated rings. The fourth-order valence-electron chi connectivity index (χ4n) is 3.91. The Kier molecular flexibility index (Phi) is 6.16. The fourth-order valence-corrected chi connectivity index (χ4v) is 4.57. The largest absolute Gasteiger partial charge is 0.480 e. The second-order valence-electron chi connectivity index (χ2n) is 7.64. The smallest absolute Gasteiger partial charge is 0.286 e. The van der Waals surface area contributed by atoms with Crippen LogP contribution < -0.4 is 9.47 Å². The Hall–Kier alpha value is -3.87. The molecule has 3 heterocycles. The minimum absolute atomic E-state index is 0.234. The maximum Gasteiger partial charge on any atom is 0.286 e. The lowest BCUT2D eigenvalue weighted by Crippen LogP contribution is -1.96. The van der Waals surface area contributed by atoms with E-state index in [-0.39, 0.29) is 5.88 Å². The summed E-state index contributed by atoms with van der Waals surface area (Å²) in [6.45, 7) is 0. The van der Waals surface area contributed by atoms with Gasteiger partial charge in [-0.1, -0.05) is 59.6 Å².